The van der Waals surface area contributed by atoms with Gasteiger partial charge in [0.15, 0.2) is 23.2 Å². The molecule has 5 nitrogen and oxygen atoms in total. The molecule has 0 spiro atoms. The lowest BCUT2D eigenvalue weighted by molar-refractivity contribution is -0.137. The Morgan fingerprint density at radius 1 is 1.03 bits per heavy atom. The van der Waals surface area contributed by atoms with Crippen LogP contribution < -0.4 is 5.56 Å². The molecule has 182 valence electrons. The summed E-state index contributed by atoms with van der Waals surface area (Å²) in [6, 6.07) is 6.54. The molecule has 0 atom stereocenters. The number of pyridine rings is 1. The summed E-state index contributed by atoms with van der Waals surface area (Å²) in [6.07, 6.45) is -3.37. The summed E-state index contributed by atoms with van der Waals surface area (Å²) in [7, 11) is 0. The zero-order valence-corrected chi connectivity index (χ0v) is 17.7. The fraction of sp³-hybridized carbons (Fsp3) is 0.167. The van der Waals surface area contributed by atoms with Gasteiger partial charge < -0.3 is 14.7 Å². The number of halogens is 6. The third kappa shape index (κ3) is 4.46. The van der Waals surface area contributed by atoms with Gasteiger partial charge in [0.1, 0.15) is 0 Å². The van der Waals surface area contributed by atoms with Crippen molar-refractivity contribution in [3.8, 4) is 11.3 Å². The zero-order valence-electron chi connectivity index (χ0n) is 17.7. The average Bonchev–Trinajstić information content (AvgIpc) is 3.18. The minimum atomic E-state index is -4.81. The highest BCUT2D eigenvalue weighted by Gasteiger charge is 2.35. The molecule has 2 N–H and O–H groups in total. The van der Waals surface area contributed by atoms with Crippen molar-refractivity contribution < 1.29 is 36.2 Å². The van der Waals surface area contributed by atoms with Crippen LogP contribution in [0.1, 0.15) is 27.9 Å². The van der Waals surface area contributed by atoms with Gasteiger partial charge in [-0.25, -0.2) is 13.2 Å². The number of nitrogens with one attached hydrogen (secondary N) is 1. The summed E-state index contributed by atoms with van der Waals surface area (Å²) in [6.45, 7) is -0.197. The molecular formula is C24H16F6N2O3. The maximum absolute atomic E-state index is 13.7. The van der Waals surface area contributed by atoms with Crippen molar-refractivity contribution in [1.29, 1.82) is 0 Å². The number of hydrogen-bond acceptors (Lipinski definition) is 3. The summed E-state index contributed by atoms with van der Waals surface area (Å²) in [4.78, 5) is 27.2. The SMILES string of the molecule is O=C(c1cc(F)c(F)c(F)c1)c1cn(CCCO)c2c(-c3[nH]c(=O)ccc3C(F)(F)F)cccc12. The molecule has 35 heavy (non-hydrogen) atoms. The topological polar surface area (TPSA) is 75.1 Å². The molecule has 2 aromatic carbocycles. The van der Waals surface area contributed by atoms with E-state index in [9.17, 15) is 41.0 Å². The molecule has 0 radical (unpaired) electrons. The second kappa shape index (κ2) is 9.06. The summed E-state index contributed by atoms with van der Waals surface area (Å²) in [5, 5.41) is 9.39. The van der Waals surface area contributed by atoms with Crippen molar-refractivity contribution in [2.75, 3.05) is 6.61 Å². The first-order valence-electron chi connectivity index (χ1n) is 10.3. The van der Waals surface area contributed by atoms with E-state index in [1.54, 1.807) is 0 Å². The summed E-state index contributed by atoms with van der Waals surface area (Å²) < 4.78 is 83.4. The van der Waals surface area contributed by atoms with Crippen molar-refractivity contribution in [3.05, 3.63) is 93.2 Å². The largest absolute Gasteiger partial charge is 0.418 e. The van der Waals surface area contributed by atoms with Crippen LogP contribution >= 0.6 is 0 Å². The van der Waals surface area contributed by atoms with Gasteiger partial charge in [0, 0.05) is 47.5 Å². The molecule has 2 aromatic heterocycles. The van der Waals surface area contributed by atoms with E-state index in [0.717, 1.165) is 6.07 Å². The van der Waals surface area contributed by atoms with Gasteiger partial charge in [0.2, 0.25) is 5.56 Å². The number of benzene rings is 2. The van der Waals surface area contributed by atoms with Gasteiger partial charge in [0.25, 0.3) is 0 Å². The number of hydrogen-bond donors (Lipinski definition) is 2. The van der Waals surface area contributed by atoms with E-state index in [1.807, 2.05) is 0 Å². The second-order valence-electron chi connectivity index (χ2n) is 7.71. The van der Waals surface area contributed by atoms with Crippen molar-refractivity contribution in [2.45, 2.75) is 19.1 Å². The molecule has 0 amide bonds. The van der Waals surface area contributed by atoms with Crippen LogP contribution in [0.3, 0.4) is 0 Å². The van der Waals surface area contributed by atoms with Gasteiger partial charge in [-0.2, -0.15) is 13.2 Å². The fourth-order valence-electron chi connectivity index (χ4n) is 3.93. The average molecular weight is 494 g/mol. The Morgan fingerprint density at radius 3 is 2.34 bits per heavy atom. The highest BCUT2D eigenvalue weighted by atomic mass is 19.4. The first-order chi connectivity index (χ1) is 16.5. The number of aliphatic hydroxyl groups excluding tert-OH is 1. The summed E-state index contributed by atoms with van der Waals surface area (Å²) >= 11 is 0. The van der Waals surface area contributed by atoms with Crippen LogP contribution in [-0.2, 0) is 12.7 Å². The number of para-hydroxylation sites is 1. The Balaban J connectivity index is 2.00. The third-order valence-corrected chi connectivity index (χ3v) is 5.44. The highest BCUT2D eigenvalue weighted by Crippen LogP contribution is 2.39. The molecule has 0 unspecified atom stereocenters. The monoisotopic (exact) mass is 494 g/mol. The Kier molecular flexibility index (Phi) is 6.28. The number of aromatic nitrogens is 2. The van der Waals surface area contributed by atoms with E-state index in [0.29, 0.717) is 18.2 Å². The quantitative estimate of drug-likeness (QED) is 0.224. The Hall–Kier alpha value is -3.86. The number of alkyl halides is 3. The number of aliphatic hydroxyl groups is 1. The number of rotatable bonds is 6. The van der Waals surface area contributed by atoms with Gasteiger partial charge >= 0.3 is 6.18 Å². The van der Waals surface area contributed by atoms with Crippen LogP contribution in [0, 0.1) is 17.5 Å². The maximum atomic E-state index is 13.7. The second-order valence-corrected chi connectivity index (χ2v) is 7.71. The fourth-order valence-corrected chi connectivity index (χ4v) is 3.93. The van der Waals surface area contributed by atoms with Crippen LogP contribution in [0.15, 0.2) is 53.5 Å². The predicted molar refractivity (Wildman–Crippen MR) is 114 cm³/mol. The van der Waals surface area contributed by atoms with Crippen LogP contribution in [0.4, 0.5) is 26.3 Å². The van der Waals surface area contributed by atoms with E-state index in [2.05, 4.69) is 4.98 Å². The minimum absolute atomic E-state index is 0.0546. The van der Waals surface area contributed by atoms with E-state index in [4.69, 9.17) is 0 Å². The molecule has 2 heterocycles. The molecular weight excluding hydrogens is 478 g/mol. The van der Waals surface area contributed by atoms with E-state index < -0.39 is 51.8 Å². The van der Waals surface area contributed by atoms with Gasteiger partial charge in [-0.3, -0.25) is 9.59 Å². The number of carbonyl (C=O) groups is 1. The van der Waals surface area contributed by atoms with E-state index in [1.165, 1.54) is 29.0 Å². The number of aryl methyl sites for hydroxylation is 1. The number of H-pyrrole nitrogens is 1. The smallest absolute Gasteiger partial charge is 0.396 e. The van der Waals surface area contributed by atoms with Crippen molar-refractivity contribution in [3.63, 3.8) is 0 Å². The van der Waals surface area contributed by atoms with Gasteiger partial charge in [-0.05, 0) is 24.6 Å². The summed E-state index contributed by atoms with van der Waals surface area (Å²) in [5.41, 5.74) is -2.98. The Morgan fingerprint density at radius 2 is 1.71 bits per heavy atom. The molecule has 0 aliphatic heterocycles. The highest BCUT2D eigenvalue weighted by molar-refractivity contribution is 6.18. The van der Waals surface area contributed by atoms with Crippen molar-refractivity contribution >= 4 is 16.7 Å². The molecule has 4 rings (SSSR count). The van der Waals surface area contributed by atoms with Gasteiger partial charge in [0.05, 0.1) is 16.8 Å². The molecule has 11 heteroatoms. The van der Waals surface area contributed by atoms with Crippen LogP contribution in [0.25, 0.3) is 22.2 Å². The van der Waals surface area contributed by atoms with E-state index in [-0.39, 0.29) is 41.6 Å². The van der Waals surface area contributed by atoms with E-state index >= 15 is 0 Å². The Labute approximate surface area is 193 Å². The van der Waals surface area contributed by atoms with Gasteiger partial charge in [-0.1, -0.05) is 18.2 Å². The molecule has 0 saturated carbocycles. The number of aromatic amines is 1. The maximum Gasteiger partial charge on any atom is 0.418 e. The molecule has 0 aliphatic carbocycles. The zero-order chi connectivity index (χ0) is 25.5. The molecule has 0 fully saturated rings. The van der Waals surface area contributed by atoms with Crippen molar-refractivity contribution in [2.24, 2.45) is 0 Å². The number of fused-ring (bicyclic) bond motifs is 1. The minimum Gasteiger partial charge on any atom is -0.396 e. The molecule has 0 saturated heterocycles. The number of ketones is 1. The lowest BCUT2D eigenvalue weighted by atomic mass is 9.98. The normalized spacial score (nSPS) is 11.9. The molecule has 0 bridgehead atoms. The summed E-state index contributed by atoms with van der Waals surface area (Å²) in [5.74, 6) is -5.79. The Bertz CT molecular complexity index is 1480. The van der Waals surface area contributed by atoms with Crippen LogP contribution in [0.2, 0.25) is 0 Å². The lowest BCUT2D eigenvalue weighted by Crippen LogP contribution is -2.14. The molecule has 0 aliphatic rings. The standard InChI is InChI=1S/C24H16F6N2O3/c25-17-9-12(10-18(26)20(17)27)23(35)15-11-32(7-2-8-33)22-13(15)3-1-4-14(22)21-16(24(28,29)30)5-6-19(34)31-21/h1,3-6,9-11,33H,2,7-8H2,(H,31,34). The first kappa shape index (κ1) is 24.3. The van der Waals surface area contributed by atoms with Crippen LogP contribution in [-0.4, -0.2) is 27.0 Å². The lowest BCUT2D eigenvalue weighted by Gasteiger charge is -2.15. The predicted octanol–water partition coefficient (Wildman–Crippen LogP) is 5.05. The van der Waals surface area contributed by atoms with Gasteiger partial charge in [-0.15, -0.1) is 0 Å². The molecule has 4 aromatic rings. The van der Waals surface area contributed by atoms with Crippen LogP contribution in [0.5, 0.6) is 0 Å². The first-order valence-corrected chi connectivity index (χ1v) is 10.3. The number of carbonyl (C=O) groups excluding carboxylic acids is 1. The number of nitrogens with zero attached hydrogens (tertiary/aromatic N) is 1. The third-order valence-electron chi connectivity index (χ3n) is 5.44. The van der Waals surface area contributed by atoms with Crippen molar-refractivity contribution in [1.82, 2.24) is 9.55 Å².